The van der Waals surface area contributed by atoms with E-state index in [2.05, 4.69) is 12.2 Å². The molecule has 1 fully saturated rings. The molecule has 0 aliphatic heterocycles. The number of carbonyl (C=O) groups is 1. The highest BCUT2D eigenvalue weighted by Crippen LogP contribution is 2.44. The van der Waals surface area contributed by atoms with E-state index in [1.165, 1.54) is 12.8 Å². The van der Waals surface area contributed by atoms with E-state index in [1.807, 2.05) is 30.3 Å². The summed E-state index contributed by atoms with van der Waals surface area (Å²) in [4.78, 5) is 12.5. The highest BCUT2D eigenvalue weighted by molar-refractivity contribution is 7.80. The van der Waals surface area contributed by atoms with Gasteiger partial charge in [-0.2, -0.15) is 0 Å². The number of carbonyl (C=O) groups excluding carboxylic acids is 1. The van der Waals surface area contributed by atoms with Gasteiger partial charge in [-0.05, 0) is 30.2 Å². The van der Waals surface area contributed by atoms with E-state index >= 15 is 0 Å². The Morgan fingerprint density at radius 2 is 2.05 bits per heavy atom. The van der Waals surface area contributed by atoms with Crippen molar-refractivity contribution < 1.29 is 4.79 Å². The van der Waals surface area contributed by atoms with Gasteiger partial charge in [-0.15, -0.1) is 0 Å². The molecule has 1 aromatic carbocycles. The maximum atomic E-state index is 12.2. The highest BCUT2D eigenvalue weighted by atomic mass is 32.1. The lowest BCUT2D eigenvalue weighted by molar-refractivity contribution is -0.123. The van der Waals surface area contributed by atoms with Gasteiger partial charge in [0.05, 0.1) is 10.9 Å². The van der Waals surface area contributed by atoms with Gasteiger partial charge in [0.1, 0.15) is 0 Å². The number of nitrogens with two attached hydrogens (primary N) is 1. The second-order valence-electron chi connectivity index (χ2n) is 5.67. The molecule has 1 amide bonds. The first-order valence-corrected chi connectivity index (χ1v) is 7.02. The van der Waals surface area contributed by atoms with Crippen molar-refractivity contribution in [2.75, 3.05) is 6.54 Å². The summed E-state index contributed by atoms with van der Waals surface area (Å²) < 4.78 is 0. The fourth-order valence-electron chi connectivity index (χ4n) is 1.99. The average Bonchev–Trinajstić information content (AvgIpc) is 3.13. The summed E-state index contributed by atoms with van der Waals surface area (Å²) in [6.07, 6.45) is 2.94. The van der Waals surface area contributed by atoms with Crippen LogP contribution in [-0.2, 0) is 11.2 Å². The molecule has 0 saturated heterocycles. The Morgan fingerprint density at radius 1 is 1.42 bits per heavy atom. The first-order chi connectivity index (χ1) is 9.00. The zero-order valence-electron chi connectivity index (χ0n) is 11.2. The van der Waals surface area contributed by atoms with Crippen molar-refractivity contribution in [3.8, 4) is 0 Å². The standard InChI is InChI=1S/C15H20N2OS/c1-15(7-8-15)10-17-14(18)12(13(16)19)9-11-5-3-2-4-6-11/h2-6,12H,7-10H2,1H3,(H2,16,19)(H,17,18). The summed E-state index contributed by atoms with van der Waals surface area (Å²) in [5.41, 5.74) is 7.08. The third-order valence-corrected chi connectivity index (χ3v) is 4.02. The molecule has 0 radical (unpaired) electrons. The zero-order valence-corrected chi connectivity index (χ0v) is 12.0. The first-order valence-electron chi connectivity index (χ1n) is 6.61. The van der Waals surface area contributed by atoms with E-state index in [1.54, 1.807) is 0 Å². The van der Waals surface area contributed by atoms with Gasteiger partial charge >= 0.3 is 0 Å². The van der Waals surface area contributed by atoms with Crippen LogP contribution in [0.3, 0.4) is 0 Å². The number of hydrogen-bond acceptors (Lipinski definition) is 2. The molecule has 1 aliphatic carbocycles. The van der Waals surface area contributed by atoms with Crippen molar-refractivity contribution in [1.29, 1.82) is 0 Å². The molecule has 0 spiro atoms. The minimum absolute atomic E-state index is 0.0514. The second kappa shape index (κ2) is 5.70. The predicted molar refractivity (Wildman–Crippen MR) is 80.8 cm³/mol. The topological polar surface area (TPSA) is 55.1 Å². The van der Waals surface area contributed by atoms with Gasteiger partial charge in [0, 0.05) is 6.54 Å². The van der Waals surface area contributed by atoms with Gasteiger partial charge in [-0.25, -0.2) is 0 Å². The lowest BCUT2D eigenvalue weighted by Gasteiger charge is -2.17. The van der Waals surface area contributed by atoms with Crippen LogP contribution in [-0.4, -0.2) is 17.4 Å². The highest BCUT2D eigenvalue weighted by Gasteiger charge is 2.37. The van der Waals surface area contributed by atoms with Gasteiger partial charge in [0.2, 0.25) is 5.91 Å². The summed E-state index contributed by atoms with van der Waals surface area (Å²) in [6.45, 7) is 2.90. The maximum absolute atomic E-state index is 12.2. The summed E-state index contributed by atoms with van der Waals surface area (Å²) >= 11 is 5.03. The van der Waals surface area contributed by atoms with Gasteiger partial charge < -0.3 is 11.1 Å². The van der Waals surface area contributed by atoms with Crippen LogP contribution in [0.25, 0.3) is 0 Å². The summed E-state index contributed by atoms with van der Waals surface area (Å²) in [6, 6.07) is 9.83. The smallest absolute Gasteiger partial charge is 0.230 e. The molecule has 1 aromatic rings. The van der Waals surface area contributed by atoms with Crippen molar-refractivity contribution in [3.05, 3.63) is 35.9 Å². The zero-order chi connectivity index (χ0) is 13.9. The predicted octanol–water partition coefficient (Wildman–Crippen LogP) is 2.05. The van der Waals surface area contributed by atoms with Crippen LogP contribution >= 0.6 is 12.2 Å². The lowest BCUT2D eigenvalue weighted by atomic mass is 9.98. The summed E-state index contributed by atoms with van der Waals surface area (Å²) in [5.74, 6) is -0.468. The van der Waals surface area contributed by atoms with Crippen molar-refractivity contribution >= 4 is 23.1 Å². The molecular weight excluding hydrogens is 256 g/mol. The Bertz CT molecular complexity index is 468. The molecule has 1 atom stereocenters. The Hall–Kier alpha value is -1.42. The van der Waals surface area contributed by atoms with Crippen LogP contribution in [0.15, 0.2) is 30.3 Å². The largest absolute Gasteiger partial charge is 0.393 e. The van der Waals surface area contributed by atoms with Crippen LogP contribution in [0, 0.1) is 11.3 Å². The number of rotatable bonds is 6. The third-order valence-electron chi connectivity index (χ3n) is 3.74. The van der Waals surface area contributed by atoms with E-state index in [9.17, 15) is 4.79 Å². The quantitative estimate of drug-likeness (QED) is 0.782. The Kier molecular flexibility index (Phi) is 4.20. The Labute approximate surface area is 119 Å². The van der Waals surface area contributed by atoms with Crippen molar-refractivity contribution in [2.24, 2.45) is 17.1 Å². The molecule has 1 saturated carbocycles. The van der Waals surface area contributed by atoms with E-state index < -0.39 is 5.92 Å². The number of nitrogens with one attached hydrogen (secondary N) is 1. The average molecular weight is 276 g/mol. The number of benzene rings is 1. The van der Waals surface area contributed by atoms with E-state index in [0.29, 0.717) is 11.8 Å². The number of hydrogen-bond donors (Lipinski definition) is 2. The second-order valence-corrected chi connectivity index (χ2v) is 6.14. The SMILES string of the molecule is CC1(CNC(=O)C(Cc2ccccc2)C(N)=S)CC1. The van der Waals surface area contributed by atoms with Crippen molar-refractivity contribution in [1.82, 2.24) is 5.32 Å². The van der Waals surface area contributed by atoms with E-state index in [0.717, 1.165) is 12.1 Å². The molecule has 3 nitrogen and oxygen atoms in total. The van der Waals surface area contributed by atoms with Crippen LogP contribution in [0.2, 0.25) is 0 Å². The van der Waals surface area contributed by atoms with Crippen LogP contribution < -0.4 is 11.1 Å². The molecule has 2 rings (SSSR count). The van der Waals surface area contributed by atoms with Crippen molar-refractivity contribution in [3.63, 3.8) is 0 Å². The summed E-state index contributed by atoms with van der Waals surface area (Å²) in [5, 5.41) is 2.98. The van der Waals surface area contributed by atoms with Crippen LogP contribution in [0.5, 0.6) is 0 Å². The number of amides is 1. The molecule has 102 valence electrons. The van der Waals surface area contributed by atoms with Gasteiger partial charge in [0.25, 0.3) is 0 Å². The van der Waals surface area contributed by atoms with E-state index in [-0.39, 0.29) is 10.9 Å². The fourth-order valence-corrected chi connectivity index (χ4v) is 2.18. The van der Waals surface area contributed by atoms with Gasteiger partial charge in [0.15, 0.2) is 0 Å². The number of thiocarbonyl (C=S) groups is 1. The molecule has 0 bridgehead atoms. The molecule has 3 N–H and O–H groups in total. The molecule has 1 unspecified atom stereocenters. The van der Waals surface area contributed by atoms with Gasteiger partial charge in [-0.1, -0.05) is 49.5 Å². The maximum Gasteiger partial charge on any atom is 0.230 e. The molecule has 19 heavy (non-hydrogen) atoms. The molecule has 1 aliphatic rings. The summed E-state index contributed by atoms with van der Waals surface area (Å²) in [7, 11) is 0. The van der Waals surface area contributed by atoms with E-state index in [4.69, 9.17) is 18.0 Å². The van der Waals surface area contributed by atoms with Crippen molar-refractivity contribution in [2.45, 2.75) is 26.2 Å². The Balaban J connectivity index is 1.95. The lowest BCUT2D eigenvalue weighted by Crippen LogP contribution is -2.41. The molecular formula is C15H20N2OS. The molecule has 0 aromatic heterocycles. The first kappa shape index (κ1) is 14.0. The Morgan fingerprint density at radius 3 is 2.58 bits per heavy atom. The minimum Gasteiger partial charge on any atom is -0.393 e. The van der Waals surface area contributed by atoms with Crippen LogP contribution in [0.4, 0.5) is 0 Å². The van der Waals surface area contributed by atoms with Gasteiger partial charge in [-0.3, -0.25) is 4.79 Å². The molecule has 0 heterocycles. The molecule has 4 heteroatoms. The monoisotopic (exact) mass is 276 g/mol. The minimum atomic E-state index is -0.417. The third kappa shape index (κ3) is 4.03. The normalized spacial score (nSPS) is 17.5. The van der Waals surface area contributed by atoms with Crippen LogP contribution in [0.1, 0.15) is 25.3 Å². The fraction of sp³-hybridized carbons (Fsp3) is 0.467.